The van der Waals surface area contributed by atoms with Crippen molar-refractivity contribution in [3.8, 4) is 0 Å². The second-order valence-corrected chi connectivity index (χ2v) is 7.89. The molecule has 3 unspecified atom stereocenters. The molecule has 3 heterocycles. The molecule has 1 aromatic carbocycles. The standard InChI is InChI=1S/C18H21ClFN5O/c19-14-6-13(1-2-15(14)20)22-18(26)23-3-4-25-17(10-23)16(7-21-25)24-8-11-5-12(11)9-24/h1-2,6-7,11-12,18,22,26H,3-5,8-10H2. The van der Waals surface area contributed by atoms with Crippen LogP contribution < -0.4 is 10.2 Å². The first-order valence-electron chi connectivity index (χ1n) is 9.02. The zero-order chi connectivity index (χ0) is 17.8. The molecule has 2 N–H and O–H groups in total. The quantitative estimate of drug-likeness (QED) is 0.801. The molecular formula is C18H21ClFN5O. The minimum atomic E-state index is -0.875. The molecule has 0 amide bonds. The number of benzene rings is 1. The van der Waals surface area contributed by atoms with Crippen molar-refractivity contribution in [1.82, 2.24) is 14.7 Å². The molecule has 1 saturated carbocycles. The monoisotopic (exact) mass is 377 g/mol. The summed E-state index contributed by atoms with van der Waals surface area (Å²) in [5, 5.41) is 18.1. The largest absolute Gasteiger partial charge is 0.368 e. The molecule has 1 saturated heterocycles. The van der Waals surface area contributed by atoms with Crippen molar-refractivity contribution >= 4 is 23.0 Å². The number of halogens is 2. The Hall–Kier alpha value is -1.83. The topological polar surface area (TPSA) is 56.6 Å². The summed E-state index contributed by atoms with van der Waals surface area (Å²) < 4.78 is 15.3. The molecule has 3 atom stereocenters. The summed E-state index contributed by atoms with van der Waals surface area (Å²) in [5.74, 6) is 1.25. The fraction of sp³-hybridized carbons (Fsp3) is 0.500. The molecule has 1 aromatic heterocycles. The van der Waals surface area contributed by atoms with Gasteiger partial charge in [-0.2, -0.15) is 5.10 Å². The van der Waals surface area contributed by atoms with Gasteiger partial charge >= 0.3 is 0 Å². The highest BCUT2D eigenvalue weighted by molar-refractivity contribution is 6.31. The van der Waals surface area contributed by atoms with Crippen LogP contribution in [0.3, 0.4) is 0 Å². The third-order valence-corrected chi connectivity index (χ3v) is 6.05. The molecule has 3 aliphatic rings. The first-order valence-corrected chi connectivity index (χ1v) is 9.39. The maximum atomic E-state index is 13.3. The third kappa shape index (κ3) is 2.84. The van der Waals surface area contributed by atoms with Crippen molar-refractivity contribution < 1.29 is 9.50 Å². The molecule has 1 aliphatic carbocycles. The van der Waals surface area contributed by atoms with E-state index in [4.69, 9.17) is 11.6 Å². The van der Waals surface area contributed by atoms with E-state index in [1.165, 1.54) is 24.2 Å². The summed E-state index contributed by atoms with van der Waals surface area (Å²) in [6, 6.07) is 4.34. The van der Waals surface area contributed by atoms with Crippen LogP contribution in [-0.4, -0.2) is 45.8 Å². The lowest BCUT2D eigenvalue weighted by molar-refractivity contribution is 0.00644. The van der Waals surface area contributed by atoms with Crippen LogP contribution in [-0.2, 0) is 13.1 Å². The summed E-state index contributed by atoms with van der Waals surface area (Å²) >= 11 is 5.82. The maximum Gasteiger partial charge on any atom is 0.184 e. The van der Waals surface area contributed by atoms with Crippen LogP contribution in [0.1, 0.15) is 12.1 Å². The van der Waals surface area contributed by atoms with E-state index in [9.17, 15) is 9.50 Å². The number of nitrogens with one attached hydrogen (secondary N) is 1. The van der Waals surface area contributed by atoms with Gasteiger partial charge in [0.1, 0.15) is 5.82 Å². The number of anilines is 2. The highest BCUT2D eigenvalue weighted by atomic mass is 35.5. The molecule has 5 rings (SSSR count). The Kier molecular flexibility index (Phi) is 3.84. The van der Waals surface area contributed by atoms with Crippen molar-refractivity contribution in [1.29, 1.82) is 0 Å². The minimum absolute atomic E-state index is 0.0359. The van der Waals surface area contributed by atoms with Gasteiger partial charge in [-0.05, 0) is 36.5 Å². The third-order valence-electron chi connectivity index (χ3n) is 5.76. The average Bonchev–Trinajstić information content (AvgIpc) is 3.05. The van der Waals surface area contributed by atoms with Crippen molar-refractivity contribution in [2.24, 2.45) is 11.8 Å². The van der Waals surface area contributed by atoms with Crippen molar-refractivity contribution in [2.75, 3.05) is 29.9 Å². The number of piperidine rings is 1. The summed E-state index contributed by atoms with van der Waals surface area (Å²) in [6.45, 7) is 4.28. The number of aliphatic hydroxyl groups is 1. The highest BCUT2D eigenvalue weighted by Gasteiger charge is 2.46. The highest BCUT2D eigenvalue weighted by Crippen LogP contribution is 2.47. The molecular weight excluding hydrogens is 357 g/mol. The maximum absolute atomic E-state index is 13.3. The predicted molar refractivity (Wildman–Crippen MR) is 97.5 cm³/mol. The van der Waals surface area contributed by atoms with Crippen LogP contribution in [0.2, 0.25) is 5.02 Å². The number of aromatic nitrogens is 2. The molecule has 26 heavy (non-hydrogen) atoms. The molecule has 2 aliphatic heterocycles. The molecule has 0 bridgehead atoms. The second kappa shape index (κ2) is 6.11. The Morgan fingerprint density at radius 2 is 2.08 bits per heavy atom. The summed E-state index contributed by atoms with van der Waals surface area (Å²) in [4.78, 5) is 4.38. The number of aliphatic hydroxyl groups excluding tert-OH is 1. The van der Waals surface area contributed by atoms with E-state index >= 15 is 0 Å². The van der Waals surface area contributed by atoms with Gasteiger partial charge in [0.15, 0.2) is 6.35 Å². The molecule has 0 radical (unpaired) electrons. The smallest absolute Gasteiger partial charge is 0.184 e. The molecule has 0 spiro atoms. The van der Waals surface area contributed by atoms with Crippen LogP contribution in [0.15, 0.2) is 24.4 Å². The van der Waals surface area contributed by atoms with E-state index in [1.54, 1.807) is 6.07 Å². The van der Waals surface area contributed by atoms with E-state index in [2.05, 4.69) is 15.3 Å². The Morgan fingerprint density at radius 1 is 1.27 bits per heavy atom. The number of hydrogen-bond donors (Lipinski definition) is 2. The van der Waals surface area contributed by atoms with Gasteiger partial charge in [0.2, 0.25) is 0 Å². The molecule has 2 aromatic rings. The van der Waals surface area contributed by atoms with E-state index in [-0.39, 0.29) is 5.02 Å². The number of rotatable bonds is 4. The Morgan fingerprint density at radius 3 is 2.85 bits per heavy atom. The SMILES string of the molecule is OC(Nc1ccc(F)c(Cl)c1)N1CCn2ncc(N3CC4CC4C3)c2C1. The van der Waals surface area contributed by atoms with Crippen molar-refractivity contribution in [3.05, 3.63) is 40.9 Å². The van der Waals surface area contributed by atoms with E-state index < -0.39 is 12.2 Å². The summed E-state index contributed by atoms with van der Waals surface area (Å²) in [7, 11) is 0. The zero-order valence-electron chi connectivity index (χ0n) is 14.3. The summed E-state index contributed by atoms with van der Waals surface area (Å²) in [5.41, 5.74) is 2.93. The van der Waals surface area contributed by atoms with Gasteiger partial charge in [-0.15, -0.1) is 0 Å². The molecule has 138 valence electrons. The first-order chi connectivity index (χ1) is 12.6. The lowest BCUT2D eigenvalue weighted by atomic mass is 10.2. The lowest BCUT2D eigenvalue weighted by Gasteiger charge is -2.33. The fourth-order valence-corrected chi connectivity index (χ4v) is 4.33. The first kappa shape index (κ1) is 16.4. The predicted octanol–water partition coefficient (Wildman–Crippen LogP) is 2.34. The molecule has 6 nitrogen and oxygen atoms in total. The van der Waals surface area contributed by atoms with Gasteiger partial charge in [-0.25, -0.2) is 4.39 Å². The van der Waals surface area contributed by atoms with E-state index in [1.807, 2.05) is 15.8 Å². The van der Waals surface area contributed by atoms with Crippen LogP contribution in [0.25, 0.3) is 0 Å². The fourth-order valence-electron chi connectivity index (χ4n) is 4.14. The van der Waals surface area contributed by atoms with Gasteiger partial charge in [0, 0.05) is 31.9 Å². The summed E-state index contributed by atoms with van der Waals surface area (Å²) in [6.07, 6.45) is 2.46. The van der Waals surface area contributed by atoms with Crippen LogP contribution in [0, 0.1) is 17.7 Å². The van der Waals surface area contributed by atoms with E-state index in [0.717, 1.165) is 37.2 Å². The van der Waals surface area contributed by atoms with Gasteiger partial charge in [-0.1, -0.05) is 11.6 Å². The van der Waals surface area contributed by atoms with Gasteiger partial charge < -0.3 is 15.3 Å². The van der Waals surface area contributed by atoms with Crippen LogP contribution in [0.5, 0.6) is 0 Å². The van der Waals surface area contributed by atoms with Crippen LogP contribution in [0.4, 0.5) is 15.8 Å². The number of hydrogen-bond acceptors (Lipinski definition) is 5. The minimum Gasteiger partial charge on any atom is -0.368 e. The van der Waals surface area contributed by atoms with Gasteiger partial charge in [-0.3, -0.25) is 9.58 Å². The number of nitrogens with zero attached hydrogens (tertiary/aromatic N) is 4. The van der Waals surface area contributed by atoms with Crippen LogP contribution >= 0.6 is 11.6 Å². The molecule has 2 fully saturated rings. The zero-order valence-corrected chi connectivity index (χ0v) is 15.0. The van der Waals surface area contributed by atoms with Gasteiger partial charge in [0.25, 0.3) is 0 Å². The number of fused-ring (bicyclic) bond motifs is 2. The Balaban J connectivity index is 1.30. The van der Waals surface area contributed by atoms with Crippen molar-refractivity contribution in [2.45, 2.75) is 25.9 Å². The average molecular weight is 378 g/mol. The Bertz CT molecular complexity index is 833. The van der Waals surface area contributed by atoms with Gasteiger partial charge in [0.05, 0.1) is 29.1 Å². The van der Waals surface area contributed by atoms with E-state index in [0.29, 0.717) is 18.8 Å². The normalized spacial score (nSPS) is 25.7. The molecule has 8 heteroatoms. The Labute approximate surface area is 156 Å². The lowest BCUT2D eigenvalue weighted by Crippen LogP contribution is -2.45. The van der Waals surface area contributed by atoms with Crippen molar-refractivity contribution in [3.63, 3.8) is 0 Å². The second-order valence-electron chi connectivity index (χ2n) is 7.48.